The molecule has 0 saturated carbocycles. The lowest BCUT2D eigenvalue weighted by molar-refractivity contribution is -0.140. The predicted molar refractivity (Wildman–Crippen MR) is 153 cm³/mol. The van der Waals surface area contributed by atoms with Crippen molar-refractivity contribution in [3.63, 3.8) is 0 Å². The number of carbonyl (C=O) groups excluding carboxylic acids is 4. The molecule has 40 heavy (non-hydrogen) atoms. The first-order chi connectivity index (χ1) is 18.8. The normalized spacial score (nSPS) is 12.3. The Hall–Kier alpha value is -4.36. The van der Waals surface area contributed by atoms with Crippen molar-refractivity contribution in [1.29, 1.82) is 5.26 Å². The summed E-state index contributed by atoms with van der Waals surface area (Å²) in [7, 11) is 0. The minimum absolute atomic E-state index is 0.181. The first-order valence-electron chi connectivity index (χ1n) is 12.5. The molecular weight excluding hydrogens is 534 g/mol. The van der Waals surface area contributed by atoms with Crippen molar-refractivity contribution < 1.29 is 23.9 Å². The third kappa shape index (κ3) is 9.13. The van der Waals surface area contributed by atoms with Crippen LogP contribution in [0.15, 0.2) is 49.0 Å². The number of nitriles is 1. The van der Waals surface area contributed by atoms with Gasteiger partial charge in [0.05, 0.1) is 16.8 Å². The van der Waals surface area contributed by atoms with Gasteiger partial charge in [-0.25, -0.2) is 4.79 Å². The lowest BCUT2D eigenvalue weighted by Crippen LogP contribution is -2.52. The van der Waals surface area contributed by atoms with Gasteiger partial charge in [-0.05, 0) is 62.9 Å². The van der Waals surface area contributed by atoms with Crippen molar-refractivity contribution in [2.45, 2.75) is 58.2 Å². The molecule has 4 amide bonds. The van der Waals surface area contributed by atoms with E-state index in [4.69, 9.17) is 22.1 Å². The second-order valence-corrected chi connectivity index (χ2v) is 10.4. The van der Waals surface area contributed by atoms with Crippen LogP contribution in [0.1, 0.15) is 56.3 Å². The van der Waals surface area contributed by atoms with E-state index >= 15 is 0 Å². The molecule has 0 bridgehead atoms. The van der Waals surface area contributed by atoms with Gasteiger partial charge in [0.1, 0.15) is 24.2 Å². The number of benzene rings is 2. The lowest BCUT2D eigenvalue weighted by Gasteiger charge is -2.33. The molecule has 2 aromatic carbocycles. The molecule has 2 atom stereocenters. The van der Waals surface area contributed by atoms with Gasteiger partial charge in [0.25, 0.3) is 5.91 Å². The third-order valence-electron chi connectivity index (χ3n) is 5.68. The fraction of sp³-hybridized carbons (Fsp3) is 0.345. The Morgan fingerprint density at radius 1 is 1.20 bits per heavy atom. The van der Waals surface area contributed by atoms with Crippen LogP contribution in [0.5, 0.6) is 0 Å². The number of ether oxygens (including phenoxy) is 1. The lowest BCUT2D eigenvalue weighted by atomic mass is 9.99. The molecule has 0 aliphatic carbocycles. The number of nitrogens with one attached hydrogen (secondary N) is 2. The molecule has 0 radical (unpaired) electrons. The predicted octanol–water partition coefficient (Wildman–Crippen LogP) is 4.48. The maximum Gasteiger partial charge on any atom is 0.408 e. The highest BCUT2D eigenvalue weighted by molar-refractivity contribution is 6.34. The zero-order valence-electron chi connectivity index (χ0n) is 23.0. The number of para-hydroxylation sites is 1. The summed E-state index contributed by atoms with van der Waals surface area (Å²) in [5.41, 5.74) is 6.53. The molecule has 10 nitrogen and oxygen atoms in total. The number of halogens is 1. The summed E-state index contributed by atoms with van der Waals surface area (Å²) in [5, 5.41) is 15.2. The Morgan fingerprint density at radius 2 is 1.88 bits per heavy atom. The number of nitrogens with zero attached hydrogens (tertiary/aromatic N) is 2. The molecule has 0 aliphatic rings. The quantitative estimate of drug-likeness (QED) is 0.340. The number of rotatable bonds is 11. The number of alkyl carbamates (subject to hydrolysis) is 1. The second kappa shape index (κ2) is 14.1. The molecule has 0 aromatic heterocycles. The molecule has 0 saturated heterocycles. The van der Waals surface area contributed by atoms with Crippen molar-refractivity contribution in [2.75, 3.05) is 11.9 Å². The van der Waals surface area contributed by atoms with E-state index in [1.165, 1.54) is 0 Å². The number of carbonyl (C=O) groups is 4. The van der Waals surface area contributed by atoms with Crippen molar-refractivity contribution in [3.8, 4) is 6.07 Å². The fourth-order valence-electron chi connectivity index (χ4n) is 3.88. The monoisotopic (exact) mass is 567 g/mol. The summed E-state index contributed by atoms with van der Waals surface area (Å²) < 4.78 is 5.29. The van der Waals surface area contributed by atoms with Gasteiger partial charge in [0, 0.05) is 6.42 Å². The van der Waals surface area contributed by atoms with Gasteiger partial charge in [-0.15, -0.1) is 0 Å². The van der Waals surface area contributed by atoms with Gasteiger partial charge < -0.3 is 26.0 Å². The standard InChI is InChI=1S/C29H34ClN5O5/c1-6-19-10-8-11-20(17-19)25(26(37)34-24-18(2)9-7-12-21(24)30)35(16-15-31)27(38)22(13-14-23(32)36)33-28(39)40-29(3,4)5/h6-12,17,22,25H,1,13-14,16H2,2-5H3,(H2,32,36)(H,33,39)(H,34,37). The minimum atomic E-state index is -1.32. The van der Waals surface area contributed by atoms with Gasteiger partial charge in [0.2, 0.25) is 11.8 Å². The number of aryl methyl sites for hydroxylation is 1. The summed E-state index contributed by atoms with van der Waals surface area (Å²) in [6, 6.07) is 11.1. The van der Waals surface area contributed by atoms with E-state index in [1.54, 1.807) is 76.2 Å². The molecule has 0 spiro atoms. The van der Waals surface area contributed by atoms with Crippen molar-refractivity contribution in [1.82, 2.24) is 10.2 Å². The number of amides is 4. The summed E-state index contributed by atoms with van der Waals surface area (Å²) >= 11 is 6.34. The molecule has 0 heterocycles. The smallest absolute Gasteiger partial charge is 0.408 e. The fourth-order valence-corrected chi connectivity index (χ4v) is 4.15. The number of hydrogen-bond acceptors (Lipinski definition) is 6. The maximum atomic E-state index is 13.9. The Labute approximate surface area is 239 Å². The molecule has 11 heteroatoms. The van der Waals surface area contributed by atoms with Crippen LogP contribution >= 0.6 is 11.6 Å². The Morgan fingerprint density at radius 3 is 2.45 bits per heavy atom. The molecule has 2 aromatic rings. The zero-order valence-corrected chi connectivity index (χ0v) is 23.7. The zero-order chi connectivity index (χ0) is 30.0. The van der Waals surface area contributed by atoms with Gasteiger partial charge >= 0.3 is 6.09 Å². The van der Waals surface area contributed by atoms with E-state index in [0.717, 1.165) is 4.90 Å². The first-order valence-corrected chi connectivity index (χ1v) is 12.9. The van der Waals surface area contributed by atoms with E-state index < -0.39 is 48.0 Å². The summed E-state index contributed by atoms with van der Waals surface area (Å²) in [6.07, 6.45) is 0.245. The van der Waals surface area contributed by atoms with E-state index in [0.29, 0.717) is 22.4 Å². The number of hydrogen-bond donors (Lipinski definition) is 3. The summed E-state index contributed by atoms with van der Waals surface area (Å²) in [6.45, 7) is 9.96. The Balaban J connectivity index is 2.59. The highest BCUT2D eigenvalue weighted by atomic mass is 35.5. The van der Waals surface area contributed by atoms with Crippen molar-refractivity contribution in [3.05, 3.63) is 70.8 Å². The van der Waals surface area contributed by atoms with E-state index in [9.17, 15) is 24.4 Å². The average Bonchev–Trinajstić information content (AvgIpc) is 2.87. The summed E-state index contributed by atoms with van der Waals surface area (Å²) in [5.74, 6) is -2.13. The Bertz CT molecular complexity index is 1290. The van der Waals surface area contributed by atoms with Crippen LogP contribution in [-0.2, 0) is 19.1 Å². The van der Waals surface area contributed by atoms with E-state index in [-0.39, 0.29) is 17.9 Å². The molecule has 0 aliphatic heterocycles. The highest BCUT2D eigenvalue weighted by Crippen LogP contribution is 2.30. The topological polar surface area (TPSA) is 155 Å². The van der Waals surface area contributed by atoms with E-state index in [2.05, 4.69) is 17.2 Å². The third-order valence-corrected chi connectivity index (χ3v) is 6.00. The second-order valence-electron chi connectivity index (χ2n) is 10.0. The highest BCUT2D eigenvalue weighted by Gasteiger charge is 2.37. The van der Waals surface area contributed by atoms with Gasteiger partial charge in [-0.2, -0.15) is 5.26 Å². The van der Waals surface area contributed by atoms with E-state index in [1.807, 2.05) is 6.07 Å². The largest absolute Gasteiger partial charge is 0.444 e. The molecule has 0 fully saturated rings. The van der Waals surface area contributed by atoms with Crippen LogP contribution in [0, 0.1) is 18.3 Å². The molecule has 2 unspecified atom stereocenters. The van der Waals surface area contributed by atoms with Gasteiger partial charge in [-0.1, -0.05) is 54.6 Å². The molecule has 2 rings (SSSR count). The van der Waals surface area contributed by atoms with Crippen molar-refractivity contribution in [2.24, 2.45) is 5.73 Å². The minimum Gasteiger partial charge on any atom is -0.444 e. The molecular formula is C29H34ClN5O5. The van der Waals surface area contributed by atoms with Gasteiger partial charge in [-0.3, -0.25) is 14.4 Å². The van der Waals surface area contributed by atoms with Crippen LogP contribution in [0.25, 0.3) is 6.08 Å². The first kappa shape index (κ1) is 31.9. The maximum absolute atomic E-state index is 13.9. The summed E-state index contributed by atoms with van der Waals surface area (Å²) in [4.78, 5) is 53.0. The average molecular weight is 568 g/mol. The number of nitrogens with two attached hydrogens (primary N) is 1. The van der Waals surface area contributed by atoms with Crippen LogP contribution < -0.4 is 16.4 Å². The van der Waals surface area contributed by atoms with Crippen LogP contribution in [-0.4, -0.2) is 46.9 Å². The number of anilines is 1. The molecule has 4 N–H and O–H groups in total. The SMILES string of the molecule is C=Cc1cccc(C(C(=O)Nc2c(C)cccc2Cl)N(CC#N)C(=O)C(CCC(N)=O)NC(=O)OC(C)(C)C)c1. The van der Waals surface area contributed by atoms with Crippen LogP contribution in [0.4, 0.5) is 10.5 Å². The Kier molecular flexibility index (Phi) is 11.3. The number of primary amides is 1. The van der Waals surface area contributed by atoms with Crippen LogP contribution in [0.3, 0.4) is 0 Å². The van der Waals surface area contributed by atoms with Crippen molar-refractivity contribution >= 4 is 47.2 Å². The van der Waals surface area contributed by atoms with Gasteiger partial charge in [0.15, 0.2) is 0 Å². The molecule has 212 valence electrons. The van der Waals surface area contributed by atoms with Crippen LogP contribution in [0.2, 0.25) is 5.02 Å².